The molecule has 1 aromatic rings. The van der Waals surface area contributed by atoms with Crippen LogP contribution in [0, 0.1) is 11.3 Å². The molecule has 27 heavy (non-hydrogen) atoms. The van der Waals surface area contributed by atoms with Gasteiger partial charge in [0.25, 0.3) is 0 Å². The Bertz CT molecular complexity index is 579. The molecular formula is C21H39N5O. The van der Waals surface area contributed by atoms with E-state index in [9.17, 15) is 5.11 Å². The number of nitrogens with zero attached hydrogens (tertiary/aromatic N) is 3. The van der Waals surface area contributed by atoms with Crippen molar-refractivity contribution >= 4 is 0 Å². The van der Waals surface area contributed by atoms with Gasteiger partial charge in [-0.1, -0.05) is 13.8 Å². The van der Waals surface area contributed by atoms with Crippen molar-refractivity contribution in [1.29, 1.82) is 0 Å². The van der Waals surface area contributed by atoms with Crippen LogP contribution in [0.2, 0.25) is 0 Å². The molecule has 0 radical (unpaired) electrons. The van der Waals surface area contributed by atoms with E-state index in [4.69, 9.17) is 0 Å². The number of aliphatic hydroxyl groups excluding tert-OH is 1. The van der Waals surface area contributed by atoms with Gasteiger partial charge in [-0.05, 0) is 52.1 Å². The summed E-state index contributed by atoms with van der Waals surface area (Å²) < 4.78 is 0. The second kappa shape index (κ2) is 9.03. The molecule has 2 heterocycles. The minimum Gasteiger partial charge on any atom is -0.378 e. The number of H-pyrrole nitrogens is 1. The molecule has 0 aromatic carbocycles. The van der Waals surface area contributed by atoms with Crippen molar-refractivity contribution in [2.75, 3.05) is 40.3 Å². The number of likely N-dealkylation sites (N-methyl/N-ethyl adjacent to an activating group) is 2. The zero-order chi connectivity index (χ0) is 19.4. The van der Waals surface area contributed by atoms with Crippen LogP contribution in [0.15, 0.2) is 6.20 Å². The predicted molar refractivity (Wildman–Crippen MR) is 110 cm³/mol. The Kier molecular flexibility index (Phi) is 6.95. The maximum Gasteiger partial charge on any atom is 0.113 e. The summed E-state index contributed by atoms with van der Waals surface area (Å²) in [5.41, 5.74) is 2.78. The summed E-state index contributed by atoms with van der Waals surface area (Å²) in [5.74, 6) is 1.16. The van der Waals surface area contributed by atoms with Crippen molar-refractivity contribution in [2.45, 2.75) is 64.6 Å². The van der Waals surface area contributed by atoms with Crippen LogP contribution in [0.5, 0.6) is 0 Å². The van der Waals surface area contributed by atoms with Gasteiger partial charge in [-0.15, -0.1) is 0 Å². The van der Waals surface area contributed by atoms with Gasteiger partial charge in [0.2, 0.25) is 0 Å². The van der Waals surface area contributed by atoms with E-state index in [1.807, 2.05) is 13.2 Å². The number of aromatic amines is 1. The Morgan fingerprint density at radius 2 is 2.11 bits per heavy atom. The van der Waals surface area contributed by atoms with Crippen molar-refractivity contribution in [3.63, 3.8) is 0 Å². The molecule has 1 unspecified atom stereocenters. The lowest BCUT2D eigenvalue weighted by Gasteiger charge is -2.41. The lowest BCUT2D eigenvalue weighted by molar-refractivity contribution is -0.0626. The molecule has 154 valence electrons. The van der Waals surface area contributed by atoms with Gasteiger partial charge in [0, 0.05) is 55.3 Å². The molecule has 1 spiro atoms. The van der Waals surface area contributed by atoms with Crippen LogP contribution in [0.1, 0.15) is 63.1 Å². The first-order valence-electron chi connectivity index (χ1n) is 10.7. The highest BCUT2D eigenvalue weighted by Crippen LogP contribution is 2.51. The van der Waals surface area contributed by atoms with Crippen LogP contribution in [-0.4, -0.2) is 71.6 Å². The molecule has 2 aliphatic rings. The fraction of sp³-hybridized carbons (Fsp3) is 0.857. The topological polar surface area (TPSA) is 67.4 Å². The van der Waals surface area contributed by atoms with Crippen LogP contribution in [-0.2, 0) is 6.54 Å². The summed E-state index contributed by atoms with van der Waals surface area (Å²) in [7, 11) is 4.16. The molecule has 6 nitrogen and oxygen atoms in total. The third-order valence-electron chi connectivity index (χ3n) is 6.71. The van der Waals surface area contributed by atoms with E-state index in [0.29, 0.717) is 11.8 Å². The number of likely N-dealkylation sites (tertiary alicyclic amines) is 1. The fourth-order valence-corrected chi connectivity index (χ4v) is 5.13. The second-order valence-electron chi connectivity index (χ2n) is 9.30. The van der Waals surface area contributed by atoms with Gasteiger partial charge in [0.15, 0.2) is 0 Å². The highest BCUT2D eigenvalue weighted by atomic mass is 16.3. The van der Waals surface area contributed by atoms with Crippen LogP contribution < -0.4 is 5.32 Å². The third kappa shape index (κ3) is 4.73. The maximum absolute atomic E-state index is 11.0. The van der Waals surface area contributed by atoms with Gasteiger partial charge in [-0.3, -0.25) is 10.00 Å². The number of hydrogen-bond donors (Lipinski definition) is 3. The first kappa shape index (κ1) is 20.8. The predicted octanol–water partition coefficient (Wildman–Crippen LogP) is 2.38. The lowest BCUT2D eigenvalue weighted by atomic mass is 9.68. The Morgan fingerprint density at radius 1 is 1.37 bits per heavy atom. The largest absolute Gasteiger partial charge is 0.378 e. The number of aliphatic hydroxyl groups is 1. The van der Waals surface area contributed by atoms with Gasteiger partial charge in [-0.25, -0.2) is 0 Å². The highest BCUT2D eigenvalue weighted by Gasteiger charge is 2.48. The SMILES string of the molecule is CNCCN(C)Cc1cn[nH]c1C1CCC2(CC1)CCN(CC(C)C)C2O. The highest BCUT2D eigenvalue weighted by molar-refractivity contribution is 5.21. The standard InChI is InChI=1S/C21H39N5O/c1-16(2)14-26-11-9-21(20(26)27)7-5-17(6-8-21)19-18(13-23-24-19)15-25(4)12-10-22-3/h13,16-17,20,22,27H,5-12,14-15H2,1-4H3,(H,23,24). The molecule has 3 N–H and O–H groups in total. The van der Waals surface area contributed by atoms with Gasteiger partial charge in [0.1, 0.15) is 6.23 Å². The van der Waals surface area contributed by atoms with Crippen molar-refractivity contribution in [3.05, 3.63) is 17.5 Å². The summed E-state index contributed by atoms with van der Waals surface area (Å²) in [4.78, 5) is 4.66. The number of hydrogen-bond acceptors (Lipinski definition) is 5. The van der Waals surface area contributed by atoms with Crippen molar-refractivity contribution in [3.8, 4) is 0 Å². The fourth-order valence-electron chi connectivity index (χ4n) is 5.13. The molecule has 1 saturated heterocycles. The molecule has 1 aliphatic carbocycles. The van der Waals surface area contributed by atoms with Gasteiger partial charge >= 0.3 is 0 Å². The summed E-state index contributed by atoms with van der Waals surface area (Å²) in [5, 5.41) is 21.8. The van der Waals surface area contributed by atoms with Crippen LogP contribution >= 0.6 is 0 Å². The van der Waals surface area contributed by atoms with Crippen molar-refractivity contribution in [2.24, 2.45) is 11.3 Å². The first-order valence-corrected chi connectivity index (χ1v) is 10.7. The third-order valence-corrected chi connectivity index (χ3v) is 6.71. The lowest BCUT2D eigenvalue weighted by Crippen LogP contribution is -2.42. The van der Waals surface area contributed by atoms with Gasteiger partial charge in [-0.2, -0.15) is 5.10 Å². The quantitative estimate of drug-likeness (QED) is 0.649. The number of aromatic nitrogens is 2. The normalized spacial score (nSPS) is 29.4. The average molecular weight is 378 g/mol. The Morgan fingerprint density at radius 3 is 2.78 bits per heavy atom. The molecule has 3 rings (SSSR count). The van der Waals surface area contributed by atoms with Crippen LogP contribution in [0.4, 0.5) is 0 Å². The van der Waals surface area contributed by atoms with Crippen LogP contribution in [0.25, 0.3) is 0 Å². The molecule has 0 amide bonds. The van der Waals surface area contributed by atoms with E-state index in [1.165, 1.54) is 11.3 Å². The smallest absolute Gasteiger partial charge is 0.113 e. The zero-order valence-corrected chi connectivity index (χ0v) is 17.7. The summed E-state index contributed by atoms with van der Waals surface area (Å²) in [6, 6.07) is 0. The number of nitrogens with one attached hydrogen (secondary N) is 2. The van der Waals surface area contributed by atoms with E-state index in [-0.39, 0.29) is 11.6 Å². The number of rotatable bonds is 8. The Balaban J connectivity index is 1.58. The van der Waals surface area contributed by atoms with E-state index < -0.39 is 0 Å². The first-order chi connectivity index (χ1) is 12.9. The van der Waals surface area contributed by atoms with Crippen molar-refractivity contribution in [1.82, 2.24) is 25.3 Å². The van der Waals surface area contributed by atoms with Crippen molar-refractivity contribution < 1.29 is 5.11 Å². The zero-order valence-electron chi connectivity index (χ0n) is 17.7. The molecule has 1 aromatic heterocycles. The molecule has 0 bridgehead atoms. The second-order valence-corrected chi connectivity index (χ2v) is 9.30. The molecule has 2 fully saturated rings. The van der Waals surface area contributed by atoms with Gasteiger partial charge < -0.3 is 15.3 Å². The average Bonchev–Trinajstić information content (AvgIpc) is 3.21. The van der Waals surface area contributed by atoms with E-state index in [1.54, 1.807) is 0 Å². The Hall–Kier alpha value is -0.950. The Labute approximate surface area is 164 Å². The minimum absolute atomic E-state index is 0.120. The molecular weight excluding hydrogens is 338 g/mol. The minimum atomic E-state index is -0.255. The molecule has 1 saturated carbocycles. The molecule has 6 heteroatoms. The maximum atomic E-state index is 11.0. The molecule has 1 atom stereocenters. The van der Waals surface area contributed by atoms with Crippen LogP contribution in [0.3, 0.4) is 0 Å². The molecule has 1 aliphatic heterocycles. The monoisotopic (exact) mass is 377 g/mol. The van der Waals surface area contributed by atoms with E-state index in [2.05, 4.69) is 46.2 Å². The summed E-state index contributed by atoms with van der Waals surface area (Å²) in [6.45, 7) is 9.52. The summed E-state index contributed by atoms with van der Waals surface area (Å²) in [6.07, 6.45) is 7.46. The van der Waals surface area contributed by atoms with E-state index >= 15 is 0 Å². The summed E-state index contributed by atoms with van der Waals surface area (Å²) >= 11 is 0. The van der Waals surface area contributed by atoms with E-state index in [0.717, 1.165) is 64.8 Å². The van der Waals surface area contributed by atoms with Gasteiger partial charge in [0.05, 0.1) is 6.20 Å².